The van der Waals surface area contributed by atoms with Crippen molar-refractivity contribution in [3.05, 3.63) is 0 Å². The molecule has 1 aliphatic heterocycles. The van der Waals surface area contributed by atoms with E-state index >= 15 is 0 Å². The first-order valence-corrected chi connectivity index (χ1v) is 6.58. The Hall–Kier alpha value is -0.910. The smallest absolute Gasteiger partial charge is 0.325 e. The lowest BCUT2D eigenvalue weighted by molar-refractivity contribution is -0.123. The molecule has 0 aromatic heterocycles. The molecule has 1 aliphatic carbocycles. The molecule has 0 radical (unpaired) electrons. The predicted octanol–water partition coefficient (Wildman–Crippen LogP) is 0.996. The van der Waals surface area contributed by atoms with E-state index in [-0.39, 0.29) is 29.1 Å². The molecule has 0 aromatic carbocycles. The number of nitrogens with two attached hydrogens (primary N) is 1. The molecular weight excluding hydrogens is 226 g/mol. The number of hydrogen-bond acceptors (Lipinski definition) is 3. The van der Waals surface area contributed by atoms with E-state index in [4.69, 9.17) is 5.73 Å². The van der Waals surface area contributed by atoms with Gasteiger partial charge in [-0.3, -0.25) is 9.52 Å². The minimum absolute atomic E-state index is 0.0833. The highest BCUT2D eigenvalue weighted by Crippen LogP contribution is 2.33. The first-order valence-electron chi connectivity index (χ1n) is 5.70. The van der Waals surface area contributed by atoms with Crippen LogP contribution in [-0.4, -0.2) is 23.2 Å². The monoisotopic (exact) mass is 245 g/mol. The van der Waals surface area contributed by atoms with Gasteiger partial charge in [-0.1, -0.05) is 20.3 Å². The summed E-state index contributed by atoms with van der Waals surface area (Å²) < 4.78 is 2.66. The second-order valence-electron chi connectivity index (χ2n) is 3.70. The maximum absolute atomic E-state index is 11.2. The Bertz CT molecular complexity index is 273. The Morgan fingerprint density at radius 2 is 2.12 bits per heavy atom. The molecule has 1 heterocycles. The average Bonchev–Trinajstić information content (AvgIpc) is 2.30. The van der Waals surface area contributed by atoms with Crippen LogP contribution in [0.2, 0.25) is 0 Å². The van der Waals surface area contributed by atoms with Crippen molar-refractivity contribution in [2.24, 2.45) is 11.7 Å². The molecule has 4 N–H and O–H groups in total. The lowest BCUT2D eigenvalue weighted by atomic mass is 9.83. The maximum atomic E-state index is 11.2. The second kappa shape index (κ2) is 5.98. The Morgan fingerprint density at radius 3 is 2.75 bits per heavy atom. The summed E-state index contributed by atoms with van der Waals surface area (Å²) in [7, 11) is 0. The Morgan fingerprint density at radius 1 is 1.44 bits per heavy atom. The van der Waals surface area contributed by atoms with Crippen molar-refractivity contribution in [1.29, 1.82) is 0 Å². The topological polar surface area (TPSA) is 84.2 Å². The van der Waals surface area contributed by atoms with E-state index in [1.807, 2.05) is 13.8 Å². The van der Waals surface area contributed by atoms with Crippen LogP contribution in [0, 0.1) is 5.92 Å². The van der Waals surface area contributed by atoms with E-state index in [2.05, 4.69) is 10.0 Å². The Kier molecular flexibility index (Phi) is 4.92. The summed E-state index contributed by atoms with van der Waals surface area (Å²) in [5.41, 5.74) is 5.30. The van der Waals surface area contributed by atoms with E-state index in [1.165, 1.54) is 11.9 Å². The summed E-state index contributed by atoms with van der Waals surface area (Å²) in [5, 5.41) is 3.05. The standard InChI is InChI=1S/C8H13N3O2S.C2H6/c9-7(12)4-2-1-3-5-6(4)10-8(13)11-14-5;1-2/h4-6H,1-3H2,(H2,9,12)(H2,10,11,13);1-2H3. The molecule has 0 bridgehead atoms. The van der Waals surface area contributed by atoms with E-state index in [0.29, 0.717) is 0 Å². The predicted molar refractivity (Wildman–Crippen MR) is 64.7 cm³/mol. The van der Waals surface area contributed by atoms with Crippen LogP contribution in [0.5, 0.6) is 0 Å². The fourth-order valence-corrected chi connectivity index (χ4v) is 3.12. The Labute approximate surface area is 100 Å². The molecule has 2 aliphatic rings. The molecule has 16 heavy (non-hydrogen) atoms. The summed E-state index contributed by atoms with van der Waals surface area (Å²) >= 11 is 1.41. The van der Waals surface area contributed by atoms with Gasteiger partial charge in [-0.05, 0) is 24.8 Å². The minimum Gasteiger partial charge on any atom is -0.369 e. The van der Waals surface area contributed by atoms with E-state index in [9.17, 15) is 9.59 Å². The van der Waals surface area contributed by atoms with Crippen LogP contribution in [0.1, 0.15) is 33.1 Å². The molecule has 3 amide bonds. The number of carbonyl (C=O) groups is 2. The van der Waals surface area contributed by atoms with Gasteiger partial charge in [0.2, 0.25) is 5.91 Å². The highest BCUT2D eigenvalue weighted by Gasteiger charge is 2.40. The molecule has 3 atom stereocenters. The van der Waals surface area contributed by atoms with Crippen molar-refractivity contribution in [2.75, 3.05) is 0 Å². The van der Waals surface area contributed by atoms with Crippen LogP contribution >= 0.6 is 11.9 Å². The van der Waals surface area contributed by atoms with Gasteiger partial charge in [0.25, 0.3) is 0 Å². The molecule has 0 spiro atoms. The van der Waals surface area contributed by atoms with Crippen LogP contribution in [0.15, 0.2) is 0 Å². The van der Waals surface area contributed by atoms with Crippen molar-refractivity contribution in [3.63, 3.8) is 0 Å². The zero-order valence-electron chi connectivity index (χ0n) is 9.66. The molecule has 1 saturated carbocycles. The third-order valence-corrected chi connectivity index (χ3v) is 3.94. The number of primary amides is 1. The molecule has 5 nitrogen and oxygen atoms in total. The molecule has 0 aromatic rings. The van der Waals surface area contributed by atoms with Crippen LogP contribution in [0.4, 0.5) is 4.79 Å². The fourth-order valence-electron chi connectivity index (χ4n) is 2.11. The van der Waals surface area contributed by atoms with Gasteiger partial charge >= 0.3 is 6.03 Å². The van der Waals surface area contributed by atoms with Gasteiger partial charge in [-0.2, -0.15) is 0 Å². The van der Waals surface area contributed by atoms with Gasteiger partial charge in [0.1, 0.15) is 0 Å². The van der Waals surface area contributed by atoms with E-state index in [0.717, 1.165) is 19.3 Å². The third kappa shape index (κ3) is 2.81. The number of nitrogens with one attached hydrogen (secondary N) is 2. The van der Waals surface area contributed by atoms with Gasteiger partial charge < -0.3 is 11.1 Å². The van der Waals surface area contributed by atoms with Crippen molar-refractivity contribution in [1.82, 2.24) is 10.0 Å². The quantitative estimate of drug-likeness (QED) is 0.602. The molecule has 2 rings (SSSR count). The van der Waals surface area contributed by atoms with Gasteiger partial charge in [-0.25, -0.2) is 4.79 Å². The minimum atomic E-state index is -0.303. The zero-order chi connectivity index (χ0) is 12.1. The summed E-state index contributed by atoms with van der Waals surface area (Å²) in [6.07, 6.45) is 2.81. The van der Waals surface area contributed by atoms with Crippen LogP contribution in [0.25, 0.3) is 0 Å². The molecule has 3 unspecified atom stereocenters. The van der Waals surface area contributed by atoms with Crippen molar-refractivity contribution in [2.45, 2.75) is 44.4 Å². The van der Waals surface area contributed by atoms with Crippen molar-refractivity contribution in [3.8, 4) is 0 Å². The largest absolute Gasteiger partial charge is 0.369 e. The number of amides is 3. The van der Waals surface area contributed by atoms with E-state index in [1.54, 1.807) is 0 Å². The molecular formula is C10H19N3O2S. The van der Waals surface area contributed by atoms with Crippen molar-refractivity contribution >= 4 is 23.9 Å². The summed E-state index contributed by atoms with van der Waals surface area (Å²) in [4.78, 5) is 22.2. The van der Waals surface area contributed by atoms with Gasteiger partial charge in [0, 0.05) is 5.25 Å². The zero-order valence-corrected chi connectivity index (χ0v) is 10.5. The van der Waals surface area contributed by atoms with Crippen LogP contribution in [0.3, 0.4) is 0 Å². The Balaban J connectivity index is 0.000000606. The number of urea groups is 1. The number of carbonyl (C=O) groups excluding carboxylic acids is 2. The summed E-state index contributed by atoms with van der Waals surface area (Å²) in [6.45, 7) is 4.00. The molecule has 6 heteroatoms. The number of hydrogen-bond donors (Lipinski definition) is 3. The highest BCUT2D eigenvalue weighted by molar-refractivity contribution is 7.98. The lowest BCUT2D eigenvalue weighted by Crippen LogP contribution is -2.58. The molecule has 1 saturated heterocycles. The SMILES string of the molecule is CC.NC(=O)C1CCCC2SNC(=O)NC21. The highest BCUT2D eigenvalue weighted by atomic mass is 32.2. The van der Waals surface area contributed by atoms with Crippen LogP contribution < -0.4 is 15.8 Å². The fraction of sp³-hybridized carbons (Fsp3) is 0.800. The number of fused-ring (bicyclic) bond motifs is 1. The molecule has 2 fully saturated rings. The normalized spacial score (nSPS) is 32.4. The summed E-state index contributed by atoms with van der Waals surface area (Å²) in [6, 6.07) is -0.301. The average molecular weight is 245 g/mol. The van der Waals surface area contributed by atoms with Gasteiger partial charge in [0.15, 0.2) is 0 Å². The second-order valence-corrected chi connectivity index (χ2v) is 4.74. The van der Waals surface area contributed by atoms with Crippen LogP contribution in [-0.2, 0) is 4.79 Å². The summed E-state index contributed by atoms with van der Waals surface area (Å²) in [5.74, 6) is -0.505. The maximum Gasteiger partial charge on any atom is 0.325 e. The van der Waals surface area contributed by atoms with Crippen molar-refractivity contribution < 1.29 is 9.59 Å². The number of rotatable bonds is 1. The third-order valence-electron chi connectivity index (χ3n) is 2.80. The van der Waals surface area contributed by atoms with Gasteiger partial charge in [-0.15, -0.1) is 0 Å². The first-order chi connectivity index (χ1) is 7.68. The van der Waals surface area contributed by atoms with Gasteiger partial charge in [0.05, 0.1) is 12.0 Å². The van der Waals surface area contributed by atoms with E-state index < -0.39 is 0 Å². The first kappa shape index (κ1) is 13.2. The molecule has 92 valence electrons. The lowest BCUT2D eigenvalue weighted by Gasteiger charge is -2.39.